The second-order valence-corrected chi connectivity index (χ2v) is 5.86. The fraction of sp³-hybridized carbons (Fsp3) is 1.00. The third kappa shape index (κ3) is 5.81. The van der Waals surface area contributed by atoms with Crippen molar-refractivity contribution in [1.29, 1.82) is 0 Å². The Morgan fingerprint density at radius 1 is 1.24 bits per heavy atom. The van der Waals surface area contributed by atoms with Gasteiger partial charge < -0.3 is 9.84 Å². The van der Waals surface area contributed by atoms with E-state index >= 15 is 0 Å². The summed E-state index contributed by atoms with van der Waals surface area (Å²) < 4.78 is 30.7. The molecule has 0 aliphatic carbocycles. The fourth-order valence-corrected chi connectivity index (χ4v) is 3.44. The molecular formula is C11H25NO4S. The molecule has 0 aliphatic rings. The smallest absolute Gasteiger partial charge is 0.216 e. The molecule has 1 N–H and O–H groups in total. The van der Waals surface area contributed by atoms with Gasteiger partial charge in [-0.15, -0.1) is 0 Å². The van der Waals surface area contributed by atoms with Crippen molar-refractivity contribution in [2.45, 2.75) is 39.7 Å². The molecule has 5 nitrogen and oxygen atoms in total. The van der Waals surface area contributed by atoms with Gasteiger partial charge in [-0.25, -0.2) is 8.42 Å². The number of ether oxygens (including phenoxy) is 1. The molecule has 6 heteroatoms. The lowest BCUT2D eigenvalue weighted by atomic mass is 10.2. The van der Waals surface area contributed by atoms with Crippen molar-refractivity contribution >= 4 is 10.0 Å². The van der Waals surface area contributed by atoms with Crippen LogP contribution in [0.3, 0.4) is 0 Å². The van der Waals surface area contributed by atoms with E-state index in [4.69, 9.17) is 9.84 Å². The highest BCUT2D eigenvalue weighted by atomic mass is 32.2. The minimum absolute atomic E-state index is 0.0165. The molecule has 0 aromatic rings. The summed E-state index contributed by atoms with van der Waals surface area (Å²) in [5.41, 5.74) is 0. The summed E-state index contributed by atoms with van der Waals surface area (Å²) in [7, 11) is -3.33. The minimum atomic E-state index is -3.33. The molecule has 0 aromatic heterocycles. The number of nitrogens with zero attached hydrogens (tertiary/aromatic N) is 1. The van der Waals surface area contributed by atoms with Crippen LogP contribution in [0.15, 0.2) is 0 Å². The monoisotopic (exact) mass is 267 g/mol. The average molecular weight is 267 g/mol. The molecule has 0 saturated heterocycles. The van der Waals surface area contributed by atoms with Gasteiger partial charge in [-0.2, -0.15) is 4.31 Å². The molecule has 0 atom stereocenters. The Morgan fingerprint density at radius 3 is 2.24 bits per heavy atom. The second kappa shape index (κ2) is 8.85. The Bertz CT molecular complexity index is 275. The first-order valence-electron chi connectivity index (χ1n) is 6.21. The zero-order chi connectivity index (χ0) is 13.3. The number of rotatable bonds is 10. The van der Waals surface area contributed by atoms with Gasteiger partial charge >= 0.3 is 0 Å². The van der Waals surface area contributed by atoms with Gasteiger partial charge in [0.25, 0.3) is 0 Å². The van der Waals surface area contributed by atoms with Crippen molar-refractivity contribution in [1.82, 2.24) is 4.31 Å². The van der Waals surface area contributed by atoms with Crippen molar-refractivity contribution in [3.63, 3.8) is 0 Å². The minimum Gasteiger partial charge on any atom is -0.395 e. The van der Waals surface area contributed by atoms with E-state index in [1.54, 1.807) is 0 Å². The summed E-state index contributed by atoms with van der Waals surface area (Å²) in [6.45, 7) is 6.48. The van der Waals surface area contributed by atoms with E-state index in [1.807, 2.05) is 20.8 Å². The predicted octanol–water partition coefficient (Wildman–Crippen LogP) is 0.836. The molecule has 0 radical (unpaired) electrons. The Balaban J connectivity index is 4.65. The second-order valence-electron chi connectivity index (χ2n) is 3.82. The first kappa shape index (κ1) is 16.8. The zero-order valence-electron chi connectivity index (χ0n) is 11.1. The maximum absolute atomic E-state index is 12.1. The van der Waals surface area contributed by atoms with Crippen molar-refractivity contribution < 1.29 is 18.3 Å². The molecule has 0 amide bonds. The van der Waals surface area contributed by atoms with E-state index in [0.29, 0.717) is 6.61 Å². The van der Waals surface area contributed by atoms with Crippen molar-refractivity contribution in [3.05, 3.63) is 0 Å². The maximum Gasteiger partial charge on any atom is 0.216 e. The Kier molecular flexibility index (Phi) is 8.77. The topological polar surface area (TPSA) is 66.8 Å². The fourth-order valence-electron chi connectivity index (χ4n) is 1.77. The first-order chi connectivity index (χ1) is 8.03. The molecule has 0 spiro atoms. The maximum atomic E-state index is 12.1. The SMILES string of the molecule is CCOCCS(=O)(=O)N(CCO)C(CC)CC. The summed E-state index contributed by atoms with van der Waals surface area (Å²) in [4.78, 5) is 0. The number of sulfonamides is 1. The van der Waals surface area contributed by atoms with Crippen molar-refractivity contribution in [3.8, 4) is 0 Å². The van der Waals surface area contributed by atoms with E-state index in [9.17, 15) is 8.42 Å². The molecule has 0 aromatic carbocycles. The molecule has 0 unspecified atom stereocenters. The van der Waals surface area contributed by atoms with Gasteiger partial charge in [0.15, 0.2) is 0 Å². The highest BCUT2D eigenvalue weighted by molar-refractivity contribution is 7.89. The summed E-state index contributed by atoms with van der Waals surface area (Å²) in [5.74, 6) is -0.0165. The highest BCUT2D eigenvalue weighted by Gasteiger charge is 2.27. The molecule has 0 saturated carbocycles. The molecule has 0 fully saturated rings. The standard InChI is InChI=1S/C11H25NO4S/c1-4-11(5-2)12(7-8-13)17(14,15)10-9-16-6-3/h11,13H,4-10H2,1-3H3. The third-order valence-corrected chi connectivity index (χ3v) is 4.60. The number of hydrogen-bond acceptors (Lipinski definition) is 4. The third-order valence-electron chi connectivity index (χ3n) is 2.72. The zero-order valence-corrected chi connectivity index (χ0v) is 11.9. The van der Waals surface area contributed by atoms with Gasteiger partial charge in [0.1, 0.15) is 0 Å². The Morgan fingerprint density at radius 2 is 1.82 bits per heavy atom. The van der Waals surface area contributed by atoms with Crippen LogP contribution in [0.25, 0.3) is 0 Å². The van der Waals surface area contributed by atoms with Gasteiger partial charge in [0, 0.05) is 19.2 Å². The van der Waals surface area contributed by atoms with Crippen LogP contribution in [0, 0.1) is 0 Å². The van der Waals surface area contributed by atoms with E-state index in [0.717, 1.165) is 12.8 Å². The van der Waals surface area contributed by atoms with E-state index < -0.39 is 10.0 Å². The van der Waals surface area contributed by atoms with Crippen LogP contribution in [0.4, 0.5) is 0 Å². The summed E-state index contributed by atoms with van der Waals surface area (Å²) in [5, 5.41) is 8.97. The van der Waals surface area contributed by atoms with Crippen molar-refractivity contribution in [2.75, 3.05) is 32.1 Å². The van der Waals surface area contributed by atoms with E-state index in [1.165, 1.54) is 4.31 Å². The molecule has 17 heavy (non-hydrogen) atoms. The van der Waals surface area contributed by atoms with Crippen LogP contribution in [0.1, 0.15) is 33.6 Å². The summed E-state index contributed by atoms with van der Waals surface area (Å²) in [6.07, 6.45) is 1.51. The quantitative estimate of drug-likeness (QED) is 0.596. The normalized spacial score (nSPS) is 12.6. The Labute approximate surface area is 105 Å². The van der Waals surface area contributed by atoms with Gasteiger partial charge in [0.2, 0.25) is 10.0 Å². The van der Waals surface area contributed by atoms with Crippen LogP contribution in [-0.4, -0.2) is 56.0 Å². The number of aliphatic hydroxyl groups excluding tert-OH is 1. The summed E-state index contributed by atoms with van der Waals surface area (Å²) in [6, 6.07) is -0.0335. The average Bonchev–Trinajstić information content (AvgIpc) is 2.29. The number of hydrogen-bond donors (Lipinski definition) is 1. The highest BCUT2D eigenvalue weighted by Crippen LogP contribution is 2.13. The summed E-state index contributed by atoms with van der Waals surface area (Å²) >= 11 is 0. The molecule has 0 aliphatic heterocycles. The van der Waals surface area contributed by atoms with Gasteiger partial charge in [-0.05, 0) is 19.8 Å². The molecule has 0 bridgehead atoms. The van der Waals surface area contributed by atoms with Crippen molar-refractivity contribution in [2.24, 2.45) is 0 Å². The predicted molar refractivity (Wildman–Crippen MR) is 68.4 cm³/mol. The van der Waals surface area contributed by atoms with Gasteiger partial charge in [-0.1, -0.05) is 13.8 Å². The van der Waals surface area contributed by atoms with Crippen LogP contribution in [-0.2, 0) is 14.8 Å². The van der Waals surface area contributed by atoms with Gasteiger partial charge in [-0.3, -0.25) is 0 Å². The van der Waals surface area contributed by atoms with Gasteiger partial charge in [0.05, 0.1) is 19.0 Å². The lowest BCUT2D eigenvalue weighted by Gasteiger charge is -2.28. The van der Waals surface area contributed by atoms with Crippen LogP contribution in [0.2, 0.25) is 0 Å². The van der Waals surface area contributed by atoms with Crippen LogP contribution < -0.4 is 0 Å². The first-order valence-corrected chi connectivity index (χ1v) is 7.82. The largest absolute Gasteiger partial charge is 0.395 e. The molecule has 0 heterocycles. The van der Waals surface area contributed by atoms with E-state index in [2.05, 4.69) is 0 Å². The Hall–Kier alpha value is -0.170. The van der Waals surface area contributed by atoms with Crippen LogP contribution >= 0.6 is 0 Å². The lowest BCUT2D eigenvalue weighted by Crippen LogP contribution is -2.43. The molecule has 104 valence electrons. The molecular weight excluding hydrogens is 242 g/mol. The lowest BCUT2D eigenvalue weighted by molar-refractivity contribution is 0.160. The van der Waals surface area contributed by atoms with Crippen LogP contribution in [0.5, 0.6) is 0 Å². The molecule has 0 rings (SSSR count). The number of aliphatic hydroxyl groups is 1. The van der Waals surface area contributed by atoms with E-state index in [-0.39, 0.29) is 31.6 Å².